The Morgan fingerprint density at radius 3 is 2.63 bits per heavy atom. The molecule has 0 fully saturated rings. The summed E-state index contributed by atoms with van der Waals surface area (Å²) in [5.74, 6) is 0.175. The van der Waals surface area contributed by atoms with Crippen LogP contribution in [-0.2, 0) is 26.0 Å². The Hall–Kier alpha value is -3.04. The molecule has 2 aromatic heterocycles. The molecule has 1 atom stereocenters. The molecule has 1 aromatic carbocycles. The van der Waals surface area contributed by atoms with Gasteiger partial charge in [-0.15, -0.1) is 6.58 Å². The number of benzene rings is 1. The number of carbonyl (C=O) groups excluding carboxylic acids is 1. The molecule has 0 aliphatic carbocycles. The minimum Gasteiger partial charge on any atom is -0.468 e. The van der Waals surface area contributed by atoms with Gasteiger partial charge in [-0.2, -0.15) is 4.31 Å². The summed E-state index contributed by atoms with van der Waals surface area (Å²) < 4.78 is 31.7. The number of sulfonamides is 1. The highest BCUT2D eigenvalue weighted by Gasteiger charge is 2.32. The van der Waals surface area contributed by atoms with E-state index in [0.29, 0.717) is 6.42 Å². The topological polar surface area (TPSA) is 105 Å². The minimum absolute atomic E-state index is 0.0912. The van der Waals surface area contributed by atoms with Crippen LogP contribution in [0.1, 0.15) is 23.5 Å². The van der Waals surface area contributed by atoms with Crippen molar-refractivity contribution in [3.05, 3.63) is 66.3 Å². The van der Waals surface area contributed by atoms with Crippen LogP contribution < -0.4 is 0 Å². The number of fused-ring (bicyclic) bond motifs is 1. The molecule has 0 saturated carbocycles. The van der Waals surface area contributed by atoms with Gasteiger partial charge in [0.1, 0.15) is 17.4 Å². The lowest BCUT2D eigenvalue weighted by Gasteiger charge is -2.24. The molecule has 0 radical (unpaired) electrons. The van der Waals surface area contributed by atoms with E-state index in [-0.39, 0.29) is 11.3 Å². The van der Waals surface area contributed by atoms with E-state index in [1.54, 1.807) is 18.3 Å². The zero-order chi connectivity index (χ0) is 21.9. The van der Waals surface area contributed by atoms with Crippen molar-refractivity contribution in [2.75, 3.05) is 14.2 Å². The highest BCUT2D eigenvalue weighted by Crippen LogP contribution is 2.22. The SMILES string of the molecule is C=CCC(C(=O)OC)N(C)S(=O)(=O)c1ccc(Cc2nccc3[nH]c(C)nc23)cc1. The first-order valence-electron chi connectivity index (χ1n) is 9.33. The van der Waals surface area contributed by atoms with Crippen molar-refractivity contribution in [3.8, 4) is 0 Å². The number of pyridine rings is 1. The monoisotopic (exact) mass is 428 g/mol. The third kappa shape index (κ3) is 4.27. The number of aryl methyl sites for hydroxylation is 1. The molecule has 0 aliphatic heterocycles. The first-order valence-corrected chi connectivity index (χ1v) is 10.8. The largest absolute Gasteiger partial charge is 0.468 e. The standard InChI is InChI=1S/C21H24N4O4S/c1-5-6-19(21(26)29-4)25(3)30(27,28)16-9-7-15(8-10-16)13-18-20-17(11-12-22-18)23-14(2)24-20/h5,7-12,19H,1,6,13H2,2-4H3,(H,23,24). The van der Waals surface area contributed by atoms with Crippen molar-refractivity contribution < 1.29 is 17.9 Å². The second-order valence-electron chi connectivity index (χ2n) is 6.88. The number of aromatic nitrogens is 3. The number of rotatable bonds is 8. The van der Waals surface area contributed by atoms with Gasteiger partial charge in [0, 0.05) is 19.7 Å². The van der Waals surface area contributed by atoms with Crippen molar-refractivity contribution in [1.82, 2.24) is 19.3 Å². The fraction of sp³-hybridized carbons (Fsp3) is 0.286. The zero-order valence-electron chi connectivity index (χ0n) is 17.1. The molecule has 9 heteroatoms. The second kappa shape index (κ2) is 8.76. The van der Waals surface area contributed by atoms with E-state index in [9.17, 15) is 13.2 Å². The van der Waals surface area contributed by atoms with Gasteiger partial charge >= 0.3 is 5.97 Å². The van der Waals surface area contributed by atoms with Crippen LogP contribution in [0.3, 0.4) is 0 Å². The lowest BCUT2D eigenvalue weighted by molar-refractivity contribution is -0.144. The lowest BCUT2D eigenvalue weighted by atomic mass is 10.1. The normalized spacial score (nSPS) is 12.8. The molecular formula is C21H24N4O4S. The number of hydrogen-bond acceptors (Lipinski definition) is 6. The number of imidazole rings is 1. The van der Waals surface area contributed by atoms with Crippen molar-refractivity contribution in [2.45, 2.75) is 30.7 Å². The lowest BCUT2D eigenvalue weighted by Crippen LogP contribution is -2.42. The van der Waals surface area contributed by atoms with Gasteiger partial charge in [0.05, 0.1) is 23.2 Å². The summed E-state index contributed by atoms with van der Waals surface area (Å²) in [6.07, 6.45) is 3.87. The van der Waals surface area contributed by atoms with Gasteiger partial charge in [-0.3, -0.25) is 9.78 Å². The molecule has 3 aromatic rings. The van der Waals surface area contributed by atoms with Crippen molar-refractivity contribution >= 4 is 27.0 Å². The van der Waals surface area contributed by atoms with Gasteiger partial charge in [0.15, 0.2) is 0 Å². The van der Waals surface area contributed by atoms with Gasteiger partial charge in [-0.05, 0) is 37.1 Å². The van der Waals surface area contributed by atoms with Crippen LogP contribution in [0.5, 0.6) is 0 Å². The van der Waals surface area contributed by atoms with Crippen molar-refractivity contribution in [2.24, 2.45) is 0 Å². The fourth-order valence-corrected chi connectivity index (χ4v) is 4.56. The molecule has 158 valence electrons. The van der Waals surface area contributed by atoms with Gasteiger partial charge in [0.2, 0.25) is 10.0 Å². The van der Waals surface area contributed by atoms with Gasteiger partial charge in [0.25, 0.3) is 0 Å². The average molecular weight is 429 g/mol. The molecule has 1 N–H and O–H groups in total. The molecule has 0 spiro atoms. The molecule has 30 heavy (non-hydrogen) atoms. The number of hydrogen-bond donors (Lipinski definition) is 1. The number of nitrogens with one attached hydrogen (secondary N) is 1. The summed E-state index contributed by atoms with van der Waals surface area (Å²) in [7, 11) is -1.30. The number of nitrogens with zero attached hydrogens (tertiary/aromatic N) is 3. The Kier molecular flexibility index (Phi) is 6.33. The highest BCUT2D eigenvalue weighted by atomic mass is 32.2. The van der Waals surface area contributed by atoms with Crippen LogP contribution in [0.4, 0.5) is 0 Å². The average Bonchev–Trinajstić information content (AvgIpc) is 3.12. The Balaban J connectivity index is 1.85. The molecule has 3 rings (SSSR count). The Morgan fingerprint density at radius 1 is 1.30 bits per heavy atom. The molecular weight excluding hydrogens is 404 g/mol. The number of likely N-dealkylation sites (N-methyl/N-ethyl adjacent to an activating group) is 1. The summed E-state index contributed by atoms with van der Waals surface area (Å²) in [6, 6.07) is 7.43. The summed E-state index contributed by atoms with van der Waals surface area (Å²) in [6.45, 7) is 5.47. The highest BCUT2D eigenvalue weighted by molar-refractivity contribution is 7.89. The van der Waals surface area contributed by atoms with Gasteiger partial charge in [-0.1, -0.05) is 18.2 Å². The minimum atomic E-state index is -3.88. The summed E-state index contributed by atoms with van der Waals surface area (Å²) >= 11 is 0. The van der Waals surface area contributed by atoms with E-state index in [0.717, 1.165) is 32.4 Å². The Labute approximate surface area is 175 Å². The number of esters is 1. The molecule has 0 aliphatic rings. The van der Waals surface area contributed by atoms with E-state index in [1.165, 1.54) is 32.4 Å². The number of methoxy groups -OCH3 is 1. The number of ether oxygens (including phenoxy) is 1. The number of carbonyl (C=O) groups is 1. The second-order valence-corrected chi connectivity index (χ2v) is 8.88. The van der Waals surface area contributed by atoms with Gasteiger partial charge < -0.3 is 9.72 Å². The number of aromatic amines is 1. The van der Waals surface area contributed by atoms with Crippen LogP contribution in [0, 0.1) is 6.92 Å². The van der Waals surface area contributed by atoms with Crippen LogP contribution in [0.15, 0.2) is 54.1 Å². The molecule has 2 heterocycles. The van der Waals surface area contributed by atoms with Gasteiger partial charge in [-0.25, -0.2) is 13.4 Å². The Bertz CT molecular complexity index is 1170. The first-order chi connectivity index (χ1) is 14.3. The van der Waals surface area contributed by atoms with Crippen molar-refractivity contribution in [1.29, 1.82) is 0 Å². The molecule has 0 saturated heterocycles. The predicted molar refractivity (Wildman–Crippen MR) is 113 cm³/mol. The van der Waals surface area contributed by atoms with E-state index >= 15 is 0 Å². The van der Waals surface area contributed by atoms with Crippen molar-refractivity contribution in [3.63, 3.8) is 0 Å². The van der Waals surface area contributed by atoms with E-state index in [2.05, 4.69) is 21.5 Å². The maximum absolute atomic E-state index is 13.0. The summed E-state index contributed by atoms with van der Waals surface area (Å²) in [5.41, 5.74) is 3.42. The molecule has 8 nitrogen and oxygen atoms in total. The van der Waals surface area contributed by atoms with Crippen LogP contribution in [0.25, 0.3) is 11.0 Å². The number of H-pyrrole nitrogens is 1. The van der Waals surface area contributed by atoms with Crippen LogP contribution in [0.2, 0.25) is 0 Å². The molecule has 1 unspecified atom stereocenters. The quantitative estimate of drug-likeness (QED) is 0.437. The summed E-state index contributed by atoms with van der Waals surface area (Å²) in [4.78, 5) is 24.2. The maximum Gasteiger partial charge on any atom is 0.324 e. The third-order valence-corrected chi connectivity index (χ3v) is 6.75. The zero-order valence-corrected chi connectivity index (χ0v) is 17.9. The fourth-order valence-electron chi connectivity index (χ4n) is 3.24. The van der Waals surface area contributed by atoms with E-state index in [1.807, 2.05) is 13.0 Å². The van der Waals surface area contributed by atoms with E-state index < -0.39 is 22.0 Å². The summed E-state index contributed by atoms with van der Waals surface area (Å²) in [5, 5.41) is 0. The first kappa shape index (κ1) is 21.7. The third-order valence-electron chi connectivity index (χ3n) is 4.87. The van der Waals surface area contributed by atoms with Crippen LogP contribution >= 0.6 is 0 Å². The predicted octanol–water partition coefficient (Wildman–Crippen LogP) is 2.60. The Morgan fingerprint density at radius 2 is 2.00 bits per heavy atom. The molecule has 0 bridgehead atoms. The molecule has 0 amide bonds. The van der Waals surface area contributed by atoms with E-state index in [4.69, 9.17) is 4.74 Å². The smallest absolute Gasteiger partial charge is 0.324 e. The van der Waals surface area contributed by atoms with Crippen LogP contribution in [-0.4, -0.2) is 53.8 Å². The maximum atomic E-state index is 13.0.